The standard InChI is InChI=1S/C24H26O4/c1-4-28-17-18-5-7-19(8-6-18)24(25,20-9-13-22(26-2)14-10-20)21-11-15-23(27-3)16-12-21/h5-16,25H,4,17H2,1-3H3. The number of benzene rings is 3. The summed E-state index contributed by atoms with van der Waals surface area (Å²) >= 11 is 0. The Morgan fingerprint density at radius 3 is 1.43 bits per heavy atom. The third-order valence-electron chi connectivity index (χ3n) is 4.86. The fourth-order valence-corrected chi connectivity index (χ4v) is 3.23. The Bertz CT molecular complexity index is 820. The van der Waals surface area contributed by atoms with E-state index < -0.39 is 5.60 Å². The van der Waals surface area contributed by atoms with Gasteiger partial charge in [0.1, 0.15) is 17.1 Å². The predicted octanol–water partition coefficient (Wildman–Crippen LogP) is 4.52. The van der Waals surface area contributed by atoms with Crippen molar-refractivity contribution in [3.63, 3.8) is 0 Å². The van der Waals surface area contributed by atoms with Gasteiger partial charge in [-0.1, -0.05) is 48.5 Å². The van der Waals surface area contributed by atoms with Crippen LogP contribution in [0.2, 0.25) is 0 Å². The van der Waals surface area contributed by atoms with Crippen LogP contribution < -0.4 is 9.47 Å². The van der Waals surface area contributed by atoms with Gasteiger partial charge in [0.2, 0.25) is 0 Å². The van der Waals surface area contributed by atoms with Crippen LogP contribution in [-0.2, 0) is 16.9 Å². The van der Waals surface area contributed by atoms with E-state index in [9.17, 15) is 5.11 Å². The monoisotopic (exact) mass is 378 g/mol. The molecule has 3 aromatic rings. The molecular weight excluding hydrogens is 352 g/mol. The number of hydrogen-bond acceptors (Lipinski definition) is 4. The lowest BCUT2D eigenvalue weighted by atomic mass is 9.80. The molecule has 0 atom stereocenters. The van der Waals surface area contributed by atoms with Gasteiger partial charge in [0, 0.05) is 6.61 Å². The molecule has 3 aromatic carbocycles. The molecule has 0 aliphatic carbocycles. The van der Waals surface area contributed by atoms with Crippen molar-refractivity contribution in [3.8, 4) is 11.5 Å². The summed E-state index contributed by atoms with van der Waals surface area (Å²) in [5, 5.41) is 11.9. The van der Waals surface area contributed by atoms with Gasteiger partial charge in [-0.05, 0) is 53.4 Å². The topological polar surface area (TPSA) is 47.9 Å². The third kappa shape index (κ3) is 4.03. The molecular formula is C24H26O4. The minimum atomic E-state index is -1.30. The van der Waals surface area contributed by atoms with Crippen LogP contribution in [0.1, 0.15) is 29.2 Å². The highest BCUT2D eigenvalue weighted by Crippen LogP contribution is 2.38. The normalized spacial score (nSPS) is 11.3. The molecule has 0 saturated heterocycles. The van der Waals surface area contributed by atoms with E-state index in [-0.39, 0.29) is 0 Å². The highest BCUT2D eigenvalue weighted by atomic mass is 16.5. The van der Waals surface area contributed by atoms with Crippen molar-refractivity contribution < 1.29 is 19.3 Å². The van der Waals surface area contributed by atoms with Crippen LogP contribution in [0, 0.1) is 0 Å². The Hall–Kier alpha value is -2.82. The van der Waals surface area contributed by atoms with E-state index in [4.69, 9.17) is 14.2 Å². The maximum Gasteiger partial charge on any atom is 0.140 e. The molecule has 0 aromatic heterocycles. The average Bonchev–Trinajstić information content (AvgIpc) is 2.77. The van der Waals surface area contributed by atoms with Gasteiger partial charge in [-0.25, -0.2) is 0 Å². The van der Waals surface area contributed by atoms with Gasteiger partial charge >= 0.3 is 0 Å². The van der Waals surface area contributed by atoms with Crippen molar-refractivity contribution >= 4 is 0 Å². The molecule has 4 heteroatoms. The zero-order valence-electron chi connectivity index (χ0n) is 16.5. The SMILES string of the molecule is CCOCc1ccc(C(O)(c2ccc(OC)cc2)c2ccc(OC)cc2)cc1. The number of rotatable bonds is 8. The first-order valence-corrected chi connectivity index (χ1v) is 9.30. The maximum atomic E-state index is 11.9. The lowest BCUT2D eigenvalue weighted by Crippen LogP contribution is -2.28. The molecule has 146 valence electrons. The fourth-order valence-electron chi connectivity index (χ4n) is 3.23. The molecule has 0 unspecified atom stereocenters. The summed E-state index contributed by atoms with van der Waals surface area (Å²) in [5.41, 5.74) is 2.07. The van der Waals surface area contributed by atoms with Crippen molar-refractivity contribution in [2.45, 2.75) is 19.1 Å². The van der Waals surface area contributed by atoms with E-state index in [1.807, 2.05) is 79.7 Å². The van der Waals surface area contributed by atoms with Crippen LogP contribution in [0.3, 0.4) is 0 Å². The molecule has 3 rings (SSSR count). The molecule has 0 bridgehead atoms. The van der Waals surface area contributed by atoms with Gasteiger partial charge in [0.05, 0.1) is 20.8 Å². The quantitative estimate of drug-likeness (QED) is 0.585. The van der Waals surface area contributed by atoms with Crippen LogP contribution in [0.4, 0.5) is 0 Å². The lowest BCUT2D eigenvalue weighted by Gasteiger charge is -2.30. The number of methoxy groups -OCH3 is 2. The summed E-state index contributed by atoms with van der Waals surface area (Å²) in [6, 6.07) is 22.8. The minimum absolute atomic E-state index is 0.556. The molecule has 4 nitrogen and oxygen atoms in total. The van der Waals surface area contributed by atoms with Crippen molar-refractivity contribution in [1.82, 2.24) is 0 Å². The zero-order valence-corrected chi connectivity index (χ0v) is 16.5. The Morgan fingerprint density at radius 2 is 1.07 bits per heavy atom. The predicted molar refractivity (Wildman–Crippen MR) is 110 cm³/mol. The van der Waals surface area contributed by atoms with E-state index in [0.29, 0.717) is 13.2 Å². The first kappa shape index (κ1) is 19.9. The largest absolute Gasteiger partial charge is 0.497 e. The van der Waals surface area contributed by atoms with E-state index in [1.165, 1.54) is 0 Å². The van der Waals surface area contributed by atoms with Gasteiger partial charge in [0.25, 0.3) is 0 Å². The van der Waals surface area contributed by atoms with Crippen LogP contribution in [0.15, 0.2) is 72.8 Å². The summed E-state index contributed by atoms with van der Waals surface area (Å²) in [5.74, 6) is 1.49. The summed E-state index contributed by atoms with van der Waals surface area (Å²) in [7, 11) is 3.25. The minimum Gasteiger partial charge on any atom is -0.497 e. The maximum absolute atomic E-state index is 11.9. The van der Waals surface area contributed by atoms with Crippen molar-refractivity contribution in [2.24, 2.45) is 0 Å². The smallest absolute Gasteiger partial charge is 0.140 e. The second kappa shape index (κ2) is 8.91. The Balaban J connectivity index is 2.07. The number of ether oxygens (including phenoxy) is 3. The molecule has 0 aliphatic heterocycles. The lowest BCUT2D eigenvalue weighted by molar-refractivity contribution is 0.124. The van der Waals surface area contributed by atoms with E-state index in [1.54, 1.807) is 14.2 Å². The Labute approximate surface area is 166 Å². The molecule has 0 spiro atoms. The van der Waals surface area contributed by atoms with Crippen molar-refractivity contribution in [1.29, 1.82) is 0 Å². The molecule has 0 heterocycles. The van der Waals surface area contributed by atoms with Crippen LogP contribution in [0.25, 0.3) is 0 Å². The van der Waals surface area contributed by atoms with E-state index in [0.717, 1.165) is 33.8 Å². The average molecular weight is 378 g/mol. The fraction of sp³-hybridized carbons (Fsp3) is 0.250. The van der Waals surface area contributed by atoms with E-state index in [2.05, 4.69) is 0 Å². The molecule has 28 heavy (non-hydrogen) atoms. The molecule has 0 radical (unpaired) electrons. The van der Waals surface area contributed by atoms with Crippen LogP contribution in [0.5, 0.6) is 11.5 Å². The van der Waals surface area contributed by atoms with Crippen LogP contribution in [-0.4, -0.2) is 25.9 Å². The Kier molecular flexibility index (Phi) is 6.34. The molecule has 0 aliphatic rings. The van der Waals surface area contributed by atoms with Gasteiger partial charge in [-0.3, -0.25) is 0 Å². The number of aliphatic hydroxyl groups is 1. The summed E-state index contributed by atoms with van der Waals surface area (Å²) in [4.78, 5) is 0. The molecule has 1 N–H and O–H groups in total. The highest BCUT2D eigenvalue weighted by molar-refractivity contribution is 5.49. The highest BCUT2D eigenvalue weighted by Gasteiger charge is 2.34. The van der Waals surface area contributed by atoms with Gasteiger partial charge < -0.3 is 19.3 Å². The summed E-state index contributed by atoms with van der Waals surface area (Å²) < 4.78 is 16.0. The van der Waals surface area contributed by atoms with Gasteiger partial charge in [-0.15, -0.1) is 0 Å². The second-order valence-corrected chi connectivity index (χ2v) is 6.50. The second-order valence-electron chi connectivity index (χ2n) is 6.50. The first-order chi connectivity index (χ1) is 13.6. The van der Waals surface area contributed by atoms with Gasteiger partial charge in [0.15, 0.2) is 0 Å². The summed E-state index contributed by atoms with van der Waals surface area (Å²) in [6.07, 6.45) is 0. The zero-order chi connectivity index (χ0) is 20.0. The molecule has 0 fully saturated rings. The molecule has 0 amide bonds. The number of hydrogen-bond donors (Lipinski definition) is 1. The Morgan fingerprint density at radius 1 is 0.679 bits per heavy atom. The summed E-state index contributed by atoms with van der Waals surface area (Å²) in [6.45, 7) is 3.20. The first-order valence-electron chi connectivity index (χ1n) is 9.30. The van der Waals surface area contributed by atoms with Crippen LogP contribution >= 0.6 is 0 Å². The van der Waals surface area contributed by atoms with E-state index >= 15 is 0 Å². The van der Waals surface area contributed by atoms with Gasteiger partial charge in [-0.2, -0.15) is 0 Å². The third-order valence-corrected chi connectivity index (χ3v) is 4.86. The van der Waals surface area contributed by atoms with Crippen molar-refractivity contribution in [3.05, 3.63) is 95.1 Å². The molecule has 0 saturated carbocycles. The van der Waals surface area contributed by atoms with Crippen molar-refractivity contribution in [2.75, 3.05) is 20.8 Å².